The van der Waals surface area contributed by atoms with Crippen molar-refractivity contribution in [3.05, 3.63) is 64.4 Å². The predicted octanol–water partition coefficient (Wildman–Crippen LogP) is 3.84. The number of likely N-dealkylation sites (N-methyl/N-ethyl adjacent to an activating group) is 1. The lowest BCUT2D eigenvalue weighted by Gasteiger charge is -2.16. The zero-order valence-corrected chi connectivity index (χ0v) is 13.8. The predicted molar refractivity (Wildman–Crippen MR) is 90.4 cm³/mol. The molecule has 1 aromatic heterocycles. The van der Waals surface area contributed by atoms with Crippen molar-refractivity contribution >= 4 is 27.0 Å². The quantitative estimate of drug-likeness (QED) is 0.779. The summed E-state index contributed by atoms with van der Waals surface area (Å²) in [7, 11) is 4.08. The van der Waals surface area contributed by atoms with E-state index < -0.39 is 0 Å². The van der Waals surface area contributed by atoms with Gasteiger partial charge in [-0.2, -0.15) is 0 Å². The number of benzene rings is 2. The monoisotopic (exact) mass is 343 g/mol. The molecule has 0 saturated heterocycles. The lowest BCUT2D eigenvalue weighted by molar-refractivity contribution is 0.565. The maximum Gasteiger partial charge on any atom is 0.111 e. The molecule has 0 aliphatic rings. The number of imidazole rings is 1. The van der Waals surface area contributed by atoms with Crippen molar-refractivity contribution in [1.29, 1.82) is 0 Å². The third kappa shape index (κ3) is 2.87. The Morgan fingerprint density at radius 2 is 2.00 bits per heavy atom. The second-order valence-electron chi connectivity index (χ2n) is 5.18. The molecule has 1 heterocycles. The number of nitrogens with zero attached hydrogens (tertiary/aromatic N) is 2. The van der Waals surface area contributed by atoms with Crippen LogP contribution in [-0.2, 0) is 13.5 Å². The van der Waals surface area contributed by atoms with Crippen LogP contribution in [0.1, 0.15) is 17.4 Å². The highest BCUT2D eigenvalue weighted by molar-refractivity contribution is 9.10. The first-order valence-corrected chi connectivity index (χ1v) is 7.81. The fourth-order valence-corrected chi connectivity index (χ4v) is 3.09. The van der Waals surface area contributed by atoms with E-state index in [4.69, 9.17) is 4.98 Å². The van der Waals surface area contributed by atoms with E-state index >= 15 is 0 Å². The number of hydrogen-bond acceptors (Lipinski definition) is 2. The van der Waals surface area contributed by atoms with Gasteiger partial charge < -0.3 is 9.88 Å². The fourth-order valence-electron chi connectivity index (χ4n) is 2.67. The molecule has 0 saturated carbocycles. The Morgan fingerprint density at radius 3 is 2.71 bits per heavy atom. The smallest absolute Gasteiger partial charge is 0.111 e. The summed E-state index contributed by atoms with van der Waals surface area (Å²) >= 11 is 3.54. The van der Waals surface area contributed by atoms with E-state index in [0.29, 0.717) is 0 Å². The zero-order valence-electron chi connectivity index (χ0n) is 12.2. The van der Waals surface area contributed by atoms with Crippen molar-refractivity contribution < 1.29 is 0 Å². The lowest BCUT2D eigenvalue weighted by atomic mass is 10.0. The van der Waals surface area contributed by atoms with Crippen molar-refractivity contribution in [3.63, 3.8) is 0 Å². The molecule has 3 rings (SSSR count). The summed E-state index contributed by atoms with van der Waals surface area (Å²) in [5.41, 5.74) is 3.50. The SMILES string of the molecule is CNC(Cc1nc2ccccc2n1C)c1cccc(Br)c1. The Hall–Kier alpha value is -1.65. The maximum absolute atomic E-state index is 4.76. The van der Waals surface area contributed by atoms with E-state index in [1.807, 2.05) is 19.2 Å². The number of aromatic nitrogens is 2. The molecule has 2 aromatic carbocycles. The molecule has 0 aliphatic carbocycles. The number of nitrogens with one attached hydrogen (secondary N) is 1. The minimum Gasteiger partial charge on any atom is -0.331 e. The molecule has 0 aliphatic heterocycles. The summed E-state index contributed by atoms with van der Waals surface area (Å²) in [4.78, 5) is 4.76. The first-order valence-electron chi connectivity index (χ1n) is 7.02. The summed E-state index contributed by atoms with van der Waals surface area (Å²) in [5.74, 6) is 1.09. The van der Waals surface area contributed by atoms with Gasteiger partial charge in [-0.3, -0.25) is 0 Å². The molecular weight excluding hydrogens is 326 g/mol. The summed E-state index contributed by atoms with van der Waals surface area (Å²) in [5, 5.41) is 3.39. The molecule has 1 unspecified atom stereocenters. The number of hydrogen-bond donors (Lipinski definition) is 1. The highest BCUT2D eigenvalue weighted by atomic mass is 79.9. The number of fused-ring (bicyclic) bond motifs is 1. The molecule has 4 heteroatoms. The third-order valence-corrected chi connectivity index (χ3v) is 4.36. The van der Waals surface area contributed by atoms with Crippen molar-refractivity contribution in [2.24, 2.45) is 7.05 Å². The first-order chi connectivity index (χ1) is 10.2. The van der Waals surface area contributed by atoms with E-state index in [2.05, 4.69) is 69.3 Å². The van der Waals surface area contributed by atoms with Crippen LogP contribution in [0.5, 0.6) is 0 Å². The van der Waals surface area contributed by atoms with Crippen LogP contribution in [0.4, 0.5) is 0 Å². The van der Waals surface area contributed by atoms with E-state index in [0.717, 1.165) is 22.2 Å². The average Bonchev–Trinajstić information content (AvgIpc) is 2.81. The van der Waals surface area contributed by atoms with Crippen LogP contribution in [0.25, 0.3) is 11.0 Å². The highest BCUT2D eigenvalue weighted by Crippen LogP contribution is 2.23. The van der Waals surface area contributed by atoms with Gasteiger partial charge >= 0.3 is 0 Å². The summed E-state index contributed by atoms with van der Waals surface area (Å²) in [6.07, 6.45) is 0.859. The normalized spacial score (nSPS) is 12.7. The zero-order chi connectivity index (χ0) is 14.8. The van der Waals surface area contributed by atoms with Crippen LogP contribution in [0.15, 0.2) is 53.0 Å². The van der Waals surface area contributed by atoms with Crippen molar-refractivity contribution in [2.75, 3.05) is 7.05 Å². The molecular formula is C17H18BrN3. The van der Waals surface area contributed by atoms with Gasteiger partial charge in [-0.15, -0.1) is 0 Å². The Kier molecular flexibility index (Phi) is 4.08. The van der Waals surface area contributed by atoms with Crippen LogP contribution < -0.4 is 5.32 Å². The highest BCUT2D eigenvalue weighted by Gasteiger charge is 2.15. The number of halogens is 1. The van der Waals surface area contributed by atoms with Crippen molar-refractivity contribution in [2.45, 2.75) is 12.5 Å². The molecule has 0 spiro atoms. The van der Waals surface area contributed by atoms with Crippen molar-refractivity contribution in [3.8, 4) is 0 Å². The Labute approximate surface area is 133 Å². The van der Waals surface area contributed by atoms with E-state index in [1.165, 1.54) is 11.1 Å². The molecule has 1 atom stereocenters. The van der Waals surface area contributed by atoms with E-state index in [-0.39, 0.29) is 6.04 Å². The van der Waals surface area contributed by atoms with Crippen LogP contribution >= 0.6 is 15.9 Å². The van der Waals surface area contributed by atoms with Gasteiger partial charge in [0.25, 0.3) is 0 Å². The topological polar surface area (TPSA) is 29.9 Å². The molecule has 0 fully saturated rings. The summed E-state index contributed by atoms with van der Waals surface area (Å²) in [6, 6.07) is 16.9. The number of para-hydroxylation sites is 2. The van der Waals surface area contributed by atoms with Gasteiger partial charge in [0.2, 0.25) is 0 Å². The standard InChI is InChI=1S/C17H18BrN3/c1-19-15(12-6-5-7-13(18)10-12)11-17-20-14-8-3-4-9-16(14)21(17)2/h3-10,15,19H,11H2,1-2H3. The Bertz CT molecular complexity index is 764. The van der Waals surface area contributed by atoms with Gasteiger partial charge in [-0.25, -0.2) is 4.98 Å². The summed E-state index contributed by atoms with van der Waals surface area (Å²) in [6.45, 7) is 0. The molecule has 0 radical (unpaired) electrons. The van der Waals surface area contributed by atoms with Gasteiger partial charge in [0.05, 0.1) is 11.0 Å². The minimum absolute atomic E-state index is 0.248. The van der Waals surface area contributed by atoms with Crippen LogP contribution in [0, 0.1) is 0 Å². The fraction of sp³-hybridized carbons (Fsp3) is 0.235. The van der Waals surface area contributed by atoms with Gasteiger partial charge in [-0.05, 0) is 36.9 Å². The Balaban J connectivity index is 1.94. The van der Waals surface area contributed by atoms with Gasteiger partial charge in [0.1, 0.15) is 5.82 Å². The summed E-state index contributed by atoms with van der Waals surface area (Å²) < 4.78 is 3.28. The molecule has 0 bridgehead atoms. The first kappa shape index (κ1) is 14.3. The molecule has 108 valence electrons. The maximum atomic E-state index is 4.76. The number of rotatable bonds is 4. The van der Waals surface area contributed by atoms with Gasteiger partial charge in [0.15, 0.2) is 0 Å². The lowest BCUT2D eigenvalue weighted by Crippen LogP contribution is -2.20. The van der Waals surface area contributed by atoms with Crippen LogP contribution in [0.3, 0.4) is 0 Å². The van der Waals surface area contributed by atoms with E-state index in [9.17, 15) is 0 Å². The second-order valence-corrected chi connectivity index (χ2v) is 6.09. The third-order valence-electron chi connectivity index (χ3n) is 3.87. The number of aryl methyl sites for hydroxylation is 1. The molecule has 1 N–H and O–H groups in total. The second kappa shape index (κ2) is 6.00. The van der Waals surface area contributed by atoms with Gasteiger partial charge in [-0.1, -0.05) is 40.2 Å². The van der Waals surface area contributed by atoms with Crippen LogP contribution in [0.2, 0.25) is 0 Å². The largest absolute Gasteiger partial charge is 0.331 e. The molecule has 3 aromatic rings. The molecule has 0 amide bonds. The van der Waals surface area contributed by atoms with Gasteiger partial charge in [0, 0.05) is 24.0 Å². The Morgan fingerprint density at radius 1 is 1.19 bits per heavy atom. The van der Waals surface area contributed by atoms with Crippen LogP contribution in [-0.4, -0.2) is 16.6 Å². The average molecular weight is 344 g/mol. The molecule has 3 nitrogen and oxygen atoms in total. The molecule has 21 heavy (non-hydrogen) atoms. The van der Waals surface area contributed by atoms with Crippen molar-refractivity contribution in [1.82, 2.24) is 14.9 Å². The minimum atomic E-state index is 0.248. The van der Waals surface area contributed by atoms with E-state index in [1.54, 1.807) is 0 Å².